The predicted octanol–water partition coefficient (Wildman–Crippen LogP) is 1.97. The molecule has 0 radical (unpaired) electrons. The van der Waals surface area contributed by atoms with Crippen LogP contribution in [0.2, 0.25) is 5.28 Å². The Morgan fingerprint density at radius 2 is 2.00 bits per heavy atom. The molecule has 3 aromatic rings. The van der Waals surface area contributed by atoms with Gasteiger partial charge in [-0.05, 0) is 29.3 Å². The molecule has 0 fully saturated rings. The number of benzene rings is 1. The largest absolute Gasteiger partial charge is 0.330 e. The van der Waals surface area contributed by atoms with Crippen LogP contribution in [0.15, 0.2) is 35.3 Å². The van der Waals surface area contributed by atoms with E-state index in [9.17, 15) is 9.18 Å². The monoisotopic (exact) mass is 292 g/mol. The fourth-order valence-corrected chi connectivity index (χ4v) is 2.21. The van der Waals surface area contributed by atoms with Crippen molar-refractivity contribution in [2.45, 2.75) is 6.54 Å². The highest BCUT2D eigenvalue weighted by Crippen LogP contribution is 2.13. The van der Waals surface area contributed by atoms with Gasteiger partial charge in [0.1, 0.15) is 11.3 Å². The van der Waals surface area contributed by atoms with Gasteiger partial charge in [-0.2, -0.15) is 4.98 Å². The predicted molar refractivity (Wildman–Crippen MR) is 73.3 cm³/mol. The van der Waals surface area contributed by atoms with Crippen LogP contribution in [0.5, 0.6) is 0 Å². The van der Waals surface area contributed by atoms with Crippen molar-refractivity contribution in [2.24, 2.45) is 7.05 Å². The Bertz CT molecular complexity index is 838. The Morgan fingerprint density at radius 1 is 1.30 bits per heavy atom. The molecule has 2 heterocycles. The van der Waals surface area contributed by atoms with E-state index >= 15 is 0 Å². The molecule has 0 saturated heterocycles. The molecule has 0 atom stereocenters. The maximum atomic E-state index is 12.9. The van der Waals surface area contributed by atoms with Crippen LogP contribution >= 0.6 is 11.6 Å². The summed E-state index contributed by atoms with van der Waals surface area (Å²) >= 11 is 5.74. The van der Waals surface area contributed by atoms with Gasteiger partial charge in [0, 0.05) is 7.05 Å². The molecule has 3 rings (SSSR count). The van der Waals surface area contributed by atoms with E-state index in [0.29, 0.717) is 17.7 Å². The third kappa shape index (κ3) is 2.08. The topological polar surface area (TPSA) is 52.7 Å². The molecule has 2 aromatic heterocycles. The molecule has 102 valence electrons. The van der Waals surface area contributed by atoms with Crippen molar-refractivity contribution in [3.05, 3.63) is 57.6 Å². The summed E-state index contributed by atoms with van der Waals surface area (Å²) in [6.07, 6.45) is 1.51. The summed E-state index contributed by atoms with van der Waals surface area (Å²) in [5.41, 5.74) is 1.65. The number of nitrogens with zero attached hydrogens (tertiary/aromatic N) is 4. The van der Waals surface area contributed by atoms with Crippen molar-refractivity contribution in [3.8, 4) is 0 Å². The molecule has 7 heteroatoms. The second-order valence-corrected chi connectivity index (χ2v) is 4.74. The number of imidazole rings is 1. The zero-order chi connectivity index (χ0) is 14.3. The minimum atomic E-state index is -0.311. The summed E-state index contributed by atoms with van der Waals surface area (Å²) in [4.78, 5) is 20.2. The first-order chi connectivity index (χ1) is 9.56. The van der Waals surface area contributed by atoms with Gasteiger partial charge >= 0.3 is 5.69 Å². The van der Waals surface area contributed by atoms with E-state index in [-0.39, 0.29) is 16.8 Å². The molecule has 0 unspecified atom stereocenters. The van der Waals surface area contributed by atoms with Gasteiger partial charge in [-0.1, -0.05) is 12.1 Å². The fraction of sp³-hybridized carbons (Fsp3) is 0.154. The lowest BCUT2D eigenvalue weighted by atomic mass is 10.2. The van der Waals surface area contributed by atoms with Gasteiger partial charge in [-0.15, -0.1) is 0 Å². The van der Waals surface area contributed by atoms with Gasteiger partial charge in [0.2, 0.25) is 5.28 Å². The van der Waals surface area contributed by atoms with Crippen LogP contribution < -0.4 is 5.69 Å². The molecule has 0 aliphatic carbocycles. The Labute approximate surface area is 118 Å². The first kappa shape index (κ1) is 12.8. The lowest BCUT2D eigenvalue weighted by Gasteiger charge is -2.03. The first-order valence-corrected chi connectivity index (χ1v) is 6.26. The van der Waals surface area contributed by atoms with Gasteiger partial charge in [0.05, 0.1) is 12.7 Å². The fourth-order valence-electron chi connectivity index (χ4n) is 2.08. The minimum absolute atomic E-state index is 0.0898. The van der Waals surface area contributed by atoms with E-state index in [4.69, 9.17) is 11.6 Å². The van der Waals surface area contributed by atoms with Crippen molar-refractivity contribution in [1.29, 1.82) is 0 Å². The van der Waals surface area contributed by atoms with Crippen LogP contribution in [-0.4, -0.2) is 19.1 Å². The first-order valence-electron chi connectivity index (χ1n) is 5.88. The van der Waals surface area contributed by atoms with E-state index in [0.717, 1.165) is 5.56 Å². The highest BCUT2D eigenvalue weighted by molar-refractivity contribution is 6.28. The van der Waals surface area contributed by atoms with E-state index in [1.807, 2.05) is 0 Å². The summed E-state index contributed by atoms with van der Waals surface area (Å²) in [6.45, 7) is 0.321. The molecular formula is C13H10ClFN4O. The number of hydrogen-bond acceptors (Lipinski definition) is 3. The highest BCUT2D eigenvalue weighted by atomic mass is 35.5. The van der Waals surface area contributed by atoms with Crippen molar-refractivity contribution < 1.29 is 4.39 Å². The van der Waals surface area contributed by atoms with E-state index in [1.165, 1.54) is 27.5 Å². The summed E-state index contributed by atoms with van der Waals surface area (Å²) in [5.74, 6) is -0.311. The molecule has 1 aromatic carbocycles. The van der Waals surface area contributed by atoms with Crippen LogP contribution in [0.4, 0.5) is 4.39 Å². The van der Waals surface area contributed by atoms with E-state index in [1.54, 1.807) is 19.2 Å². The number of rotatable bonds is 2. The number of halogens is 2. The van der Waals surface area contributed by atoms with E-state index in [2.05, 4.69) is 9.97 Å². The molecule has 0 aliphatic heterocycles. The van der Waals surface area contributed by atoms with Crippen molar-refractivity contribution >= 4 is 22.8 Å². The molecule has 0 aliphatic rings. The Morgan fingerprint density at radius 3 is 2.70 bits per heavy atom. The molecule has 0 amide bonds. The van der Waals surface area contributed by atoms with Gasteiger partial charge in [0.25, 0.3) is 0 Å². The van der Waals surface area contributed by atoms with Crippen molar-refractivity contribution in [2.75, 3.05) is 0 Å². The maximum Gasteiger partial charge on any atom is 0.330 e. The van der Waals surface area contributed by atoms with Crippen LogP contribution in [0.3, 0.4) is 0 Å². The zero-order valence-corrected chi connectivity index (χ0v) is 11.3. The Hall–Kier alpha value is -2.21. The van der Waals surface area contributed by atoms with Gasteiger partial charge in [0.15, 0.2) is 5.65 Å². The van der Waals surface area contributed by atoms with Crippen molar-refractivity contribution in [3.63, 3.8) is 0 Å². The average Bonchev–Trinajstić information content (AvgIpc) is 2.66. The molecule has 0 N–H and O–H groups in total. The van der Waals surface area contributed by atoms with Crippen molar-refractivity contribution in [1.82, 2.24) is 19.1 Å². The third-order valence-corrected chi connectivity index (χ3v) is 3.28. The standard InChI is InChI=1S/C13H10ClFN4O/c1-18-11-10(6-16-12(14)17-11)19(13(18)20)7-8-2-4-9(15)5-3-8/h2-6H,7H2,1H3. The number of aryl methyl sites for hydroxylation is 1. The minimum Gasteiger partial charge on any atom is -0.284 e. The second kappa shape index (κ2) is 4.72. The molecule has 0 saturated carbocycles. The lowest BCUT2D eigenvalue weighted by Crippen LogP contribution is -2.22. The highest BCUT2D eigenvalue weighted by Gasteiger charge is 2.13. The SMILES string of the molecule is Cn1c(=O)n(Cc2ccc(F)cc2)c2cnc(Cl)nc21. The third-order valence-electron chi connectivity index (χ3n) is 3.10. The smallest absolute Gasteiger partial charge is 0.284 e. The second-order valence-electron chi connectivity index (χ2n) is 4.40. The lowest BCUT2D eigenvalue weighted by molar-refractivity contribution is 0.626. The van der Waals surface area contributed by atoms with Crippen LogP contribution in [0.1, 0.15) is 5.56 Å². The normalized spacial score (nSPS) is 11.2. The van der Waals surface area contributed by atoms with Crippen LogP contribution in [0.25, 0.3) is 11.2 Å². The van der Waals surface area contributed by atoms with Crippen LogP contribution in [0, 0.1) is 5.82 Å². The number of fused-ring (bicyclic) bond motifs is 1. The van der Waals surface area contributed by atoms with Crippen LogP contribution in [-0.2, 0) is 13.6 Å². The molecule has 0 bridgehead atoms. The molecule has 0 spiro atoms. The van der Waals surface area contributed by atoms with Gasteiger partial charge in [-0.25, -0.2) is 14.2 Å². The Balaban J connectivity index is 2.14. The quantitative estimate of drug-likeness (QED) is 0.679. The molecular weight excluding hydrogens is 283 g/mol. The summed E-state index contributed by atoms with van der Waals surface area (Å²) in [7, 11) is 1.62. The average molecular weight is 293 g/mol. The summed E-state index contributed by atoms with van der Waals surface area (Å²) < 4.78 is 15.8. The summed E-state index contributed by atoms with van der Waals surface area (Å²) in [5, 5.41) is 0.0898. The van der Waals surface area contributed by atoms with Gasteiger partial charge in [-0.3, -0.25) is 9.13 Å². The molecule has 20 heavy (non-hydrogen) atoms. The maximum absolute atomic E-state index is 12.9. The van der Waals surface area contributed by atoms with Gasteiger partial charge < -0.3 is 0 Å². The summed E-state index contributed by atoms with van der Waals surface area (Å²) in [6, 6.07) is 5.99. The Kier molecular flexibility index (Phi) is 3.02. The number of hydrogen-bond donors (Lipinski definition) is 0. The number of aromatic nitrogens is 4. The van der Waals surface area contributed by atoms with E-state index < -0.39 is 0 Å². The molecule has 5 nitrogen and oxygen atoms in total. The zero-order valence-electron chi connectivity index (χ0n) is 10.5.